The van der Waals surface area contributed by atoms with E-state index in [0.717, 1.165) is 27.5 Å². The van der Waals surface area contributed by atoms with Crippen LogP contribution < -0.4 is 10.1 Å². The van der Waals surface area contributed by atoms with Gasteiger partial charge in [-0.3, -0.25) is 4.79 Å². The summed E-state index contributed by atoms with van der Waals surface area (Å²) in [7, 11) is 1.59. The molecule has 1 saturated heterocycles. The lowest BCUT2D eigenvalue weighted by Crippen LogP contribution is -2.53. The van der Waals surface area contributed by atoms with Crippen molar-refractivity contribution < 1.29 is 32.3 Å². The predicted molar refractivity (Wildman–Crippen MR) is 116 cm³/mol. The summed E-state index contributed by atoms with van der Waals surface area (Å²) in [6, 6.07) is 15.0. The van der Waals surface area contributed by atoms with Crippen molar-refractivity contribution in [2.24, 2.45) is 0 Å². The van der Waals surface area contributed by atoms with Gasteiger partial charge in [0, 0.05) is 13.0 Å². The van der Waals surface area contributed by atoms with Gasteiger partial charge in [-0.25, -0.2) is 4.79 Å². The Morgan fingerprint density at radius 3 is 2.29 bits per heavy atom. The standard InChI is InChI=1S/C24H24F3N3O4/c1-33-20-11-9-18(10-12-20)17-7-5-16(6-8-17)14-19(15-28)29-22(31)21-4-2-3-13-30(21)34-23(32)24(25,26)27/h5-12,19,21H,2-4,13-14H2,1H3,(H,29,31)/t19-,21-/m0/s1. The Bertz CT molecular complexity index is 1030. The highest BCUT2D eigenvalue weighted by molar-refractivity contribution is 5.83. The predicted octanol–water partition coefficient (Wildman–Crippen LogP) is 3.79. The smallest absolute Gasteiger partial charge is 0.492 e. The highest BCUT2D eigenvalue weighted by Gasteiger charge is 2.44. The first-order chi connectivity index (χ1) is 16.2. The Hall–Kier alpha value is -3.58. The van der Waals surface area contributed by atoms with Gasteiger partial charge >= 0.3 is 12.1 Å². The van der Waals surface area contributed by atoms with E-state index < -0.39 is 30.1 Å². The molecular formula is C24H24F3N3O4. The lowest BCUT2D eigenvalue weighted by molar-refractivity contribution is -0.248. The molecule has 1 heterocycles. The quantitative estimate of drug-likeness (QED) is 0.655. The Labute approximate surface area is 195 Å². The van der Waals surface area contributed by atoms with E-state index in [0.29, 0.717) is 12.8 Å². The molecule has 1 aliphatic heterocycles. The zero-order valence-electron chi connectivity index (χ0n) is 18.5. The first-order valence-corrected chi connectivity index (χ1v) is 10.7. The van der Waals surface area contributed by atoms with Gasteiger partial charge in [-0.05, 0) is 48.1 Å². The van der Waals surface area contributed by atoms with Crippen LogP contribution >= 0.6 is 0 Å². The van der Waals surface area contributed by atoms with Crippen LogP contribution in [0.3, 0.4) is 0 Å². The minimum Gasteiger partial charge on any atom is -0.497 e. The van der Waals surface area contributed by atoms with Crippen molar-refractivity contribution in [3.8, 4) is 22.9 Å². The van der Waals surface area contributed by atoms with Crippen molar-refractivity contribution in [2.75, 3.05) is 13.7 Å². The van der Waals surface area contributed by atoms with Crippen LogP contribution in [0.4, 0.5) is 13.2 Å². The van der Waals surface area contributed by atoms with Crippen LogP contribution in [0.5, 0.6) is 5.75 Å². The van der Waals surface area contributed by atoms with E-state index in [1.165, 1.54) is 0 Å². The van der Waals surface area contributed by atoms with Gasteiger partial charge in [0.05, 0.1) is 13.2 Å². The number of hydroxylamine groups is 2. The maximum absolute atomic E-state index is 12.7. The molecular weight excluding hydrogens is 451 g/mol. The van der Waals surface area contributed by atoms with Crippen molar-refractivity contribution in [3.05, 3.63) is 54.1 Å². The number of methoxy groups -OCH3 is 1. The molecule has 180 valence electrons. The largest absolute Gasteiger partial charge is 0.497 e. The number of hydrogen-bond acceptors (Lipinski definition) is 6. The third-order valence-electron chi connectivity index (χ3n) is 5.48. The summed E-state index contributed by atoms with van der Waals surface area (Å²) in [5.74, 6) is -2.28. The van der Waals surface area contributed by atoms with Gasteiger partial charge in [0.1, 0.15) is 17.8 Å². The van der Waals surface area contributed by atoms with Crippen molar-refractivity contribution in [3.63, 3.8) is 0 Å². The Balaban J connectivity index is 1.62. The third-order valence-corrected chi connectivity index (χ3v) is 5.48. The molecule has 1 aliphatic rings. The molecule has 0 bridgehead atoms. The summed E-state index contributed by atoms with van der Waals surface area (Å²) >= 11 is 0. The van der Waals surface area contributed by atoms with Crippen LogP contribution in [0.1, 0.15) is 24.8 Å². The second-order valence-corrected chi connectivity index (χ2v) is 7.85. The molecule has 0 radical (unpaired) electrons. The Morgan fingerprint density at radius 1 is 1.12 bits per heavy atom. The topological polar surface area (TPSA) is 91.7 Å². The molecule has 2 atom stereocenters. The van der Waals surface area contributed by atoms with Gasteiger partial charge in [-0.15, -0.1) is 5.06 Å². The summed E-state index contributed by atoms with van der Waals surface area (Å²) in [6.07, 6.45) is -3.67. The summed E-state index contributed by atoms with van der Waals surface area (Å²) in [6.45, 7) is 0.00392. The van der Waals surface area contributed by atoms with Gasteiger partial charge in [0.25, 0.3) is 0 Å². The molecule has 34 heavy (non-hydrogen) atoms. The van der Waals surface area contributed by atoms with E-state index in [2.05, 4.69) is 10.2 Å². The average molecular weight is 475 g/mol. The van der Waals surface area contributed by atoms with Crippen molar-refractivity contribution in [1.29, 1.82) is 5.26 Å². The van der Waals surface area contributed by atoms with Gasteiger partial charge < -0.3 is 14.9 Å². The van der Waals surface area contributed by atoms with E-state index in [1.54, 1.807) is 7.11 Å². The minimum absolute atomic E-state index is 0.00392. The molecule has 2 aromatic rings. The van der Waals surface area contributed by atoms with E-state index in [-0.39, 0.29) is 19.4 Å². The zero-order chi connectivity index (χ0) is 24.7. The number of benzene rings is 2. The van der Waals surface area contributed by atoms with E-state index in [9.17, 15) is 28.0 Å². The molecule has 0 aliphatic carbocycles. The highest BCUT2D eigenvalue weighted by atomic mass is 19.4. The van der Waals surface area contributed by atoms with E-state index >= 15 is 0 Å². The van der Waals surface area contributed by atoms with E-state index in [4.69, 9.17) is 4.74 Å². The fourth-order valence-corrected chi connectivity index (χ4v) is 3.68. The van der Waals surface area contributed by atoms with Gasteiger partial charge in [0.15, 0.2) is 0 Å². The van der Waals surface area contributed by atoms with E-state index in [1.807, 2.05) is 54.6 Å². The first kappa shape index (κ1) is 25.1. The molecule has 0 unspecified atom stereocenters. The van der Waals surface area contributed by atoms with Crippen molar-refractivity contribution >= 4 is 11.9 Å². The van der Waals surface area contributed by atoms with Crippen molar-refractivity contribution in [2.45, 2.75) is 43.9 Å². The number of nitrogens with zero attached hydrogens (tertiary/aromatic N) is 2. The number of ether oxygens (including phenoxy) is 1. The number of carbonyl (C=O) groups excluding carboxylic acids is 2. The fraction of sp³-hybridized carbons (Fsp3) is 0.375. The molecule has 3 rings (SSSR count). The fourth-order valence-electron chi connectivity index (χ4n) is 3.68. The normalized spacial score (nSPS) is 17.3. The second kappa shape index (κ2) is 11.0. The van der Waals surface area contributed by atoms with Gasteiger partial charge in [-0.1, -0.05) is 36.4 Å². The number of amides is 1. The number of carbonyl (C=O) groups is 2. The summed E-state index contributed by atoms with van der Waals surface area (Å²) in [4.78, 5) is 28.3. The molecule has 2 aromatic carbocycles. The SMILES string of the molecule is COc1ccc(-c2ccc(C[C@@H](C#N)NC(=O)[C@@H]3CCCCN3OC(=O)C(F)(F)F)cc2)cc1. The molecule has 0 aromatic heterocycles. The number of rotatable bonds is 7. The molecule has 10 heteroatoms. The van der Waals surface area contributed by atoms with Crippen LogP contribution in [-0.4, -0.2) is 48.9 Å². The average Bonchev–Trinajstić information content (AvgIpc) is 2.83. The van der Waals surface area contributed by atoms with Crippen LogP contribution in [0.25, 0.3) is 11.1 Å². The second-order valence-electron chi connectivity index (χ2n) is 7.85. The van der Waals surface area contributed by atoms with Crippen LogP contribution in [0.15, 0.2) is 48.5 Å². The highest BCUT2D eigenvalue weighted by Crippen LogP contribution is 2.24. The maximum Gasteiger partial charge on any atom is 0.492 e. The van der Waals surface area contributed by atoms with Crippen LogP contribution in [0.2, 0.25) is 0 Å². The van der Waals surface area contributed by atoms with Gasteiger partial charge in [0.2, 0.25) is 5.91 Å². The summed E-state index contributed by atoms with van der Waals surface area (Å²) in [5, 5.41) is 12.8. The first-order valence-electron chi connectivity index (χ1n) is 10.7. The van der Waals surface area contributed by atoms with Gasteiger partial charge in [-0.2, -0.15) is 18.4 Å². The Morgan fingerprint density at radius 2 is 1.74 bits per heavy atom. The number of hydrogen-bond donors (Lipinski definition) is 1. The number of nitrogens with one attached hydrogen (secondary N) is 1. The monoisotopic (exact) mass is 475 g/mol. The van der Waals surface area contributed by atoms with Crippen LogP contribution in [0, 0.1) is 11.3 Å². The Kier molecular flexibility index (Phi) is 8.12. The number of halogens is 3. The summed E-state index contributed by atoms with van der Waals surface area (Å²) in [5.41, 5.74) is 2.75. The number of alkyl halides is 3. The molecule has 7 nitrogen and oxygen atoms in total. The molecule has 0 saturated carbocycles. The lowest BCUT2D eigenvalue weighted by atomic mass is 10.00. The third kappa shape index (κ3) is 6.48. The minimum atomic E-state index is -5.16. The summed E-state index contributed by atoms with van der Waals surface area (Å²) < 4.78 is 42.8. The molecule has 0 spiro atoms. The lowest BCUT2D eigenvalue weighted by Gasteiger charge is -2.33. The zero-order valence-corrected chi connectivity index (χ0v) is 18.5. The maximum atomic E-state index is 12.7. The molecule has 1 amide bonds. The molecule has 1 fully saturated rings. The number of piperidine rings is 1. The molecule has 1 N–H and O–H groups in total. The van der Waals surface area contributed by atoms with Crippen molar-refractivity contribution in [1.82, 2.24) is 10.4 Å². The van der Waals surface area contributed by atoms with Crippen LogP contribution in [-0.2, 0) is 20.8 Å². The number of nitriles is 1.